The van der Waals surface area contributed by atoms with Gasteiger partial charge in [0.1, 0.15) is 12.6 Å². The average molecular weight is 233 g/mol. The van der Waals surface area contributed by atoms with Crippen molar-refractivity contribution < 1.29 is 9.53 Å². The van der Waals surface area contributed by atoms with E-state index in [9.17, 15) is 4.79 Å². The van der Waals surface area contributed by atoms with E-state index >= 15 is 0 Å². The highest BCUT2D eigenvalue weighted by Crippen LogP contribution is 2.20. The van der Waals surface area contributed by atoms with Gasteiger partial charge in [0.15, 0.2) is 0 Å². The van der Waals surface area contributed by atoms with Gasteiger partial charge in [-0.3, -0.25) is 10.1 Å². The van der Waals surface area contributed by atoms with Crippen molar-refractivity contribution in [2.45, 2.75) is 32.4 Å². The number of nitrogens with one attached hydrogen (secondary N) is 1. The summed E-state index contributed by atoms with van der Waals surface area (Å²) in [4.78, 5) is 11.6. The zero-order chi connectivity index (χ0) is 12.3. The third kappa shape index (κ3) is 3.07. The maximum Gasteiger partial charge on any atom is 0.323 e. The third-order valence-corrected chi connectivity index (χ3v) is 2.99. The molecule has 1 aromatic rings. The van der Waals surface area contributed by atoms with E-state index in [1.165, 1.54) is 5.56 Å². The van der Waals surface area contributed by atoms with E-state index in [0.29, 0.717) is 12.5 Å². The highest BCUT2D eigenvalue weighted by atomic mass is 16.5. The molecule has 3 heteroatoms. The highest BCUT2D eigenvalue weighted by Gasteiger charge is 2.30. The predicted molar refractivity (Wildman–Crippen MR) is 66.5 cm³/mol. The molecular formula is C14H19NO2. The van der Waals surface area contributed by atoms with E-state index in [2.05, 4.69) is 31.3 Å². The normalized spacial score (nSPS) is 24.8. The van der Waals surface area contributed by atoms with Crippen molar-refractivity contribution in [1.82, 2.24) is 5.32 Å². The predicted octanol–water partition coefficient (Wildman–Crippen LogP) is 2.29. The SMILES string of the molecule is CC(C)C[C@@H]1N[C@@H](c2ccccc2)COC1=O. The molecule has 0 aliphatic carbocycles. The Labute approximate surface area is 102 Å². The van der Waals surface area contributed by atoms with Gasteiger partial charge in [0.2, 0.25) is 0 Å². The standard InChI is InChI=1S/C14H19NO2/c1-10(2)8-12-14(16)17-9-13(15-12)11-6-4-3-5-7-11/h3-7,10,12-13,15H,8-9H2,1-2H3/t12-,13+/m0/s1. The molecule has 1 saturated heterocycles. The Morgan fingerprint density at radius 1 is 1.35 bits per heavy atom. The Bertz CT molecular complexity index is 375. The van der Waals surface area contributed by atoms with Crippen LogP contribution in [0.25, 0.3) is 0 Å². The molecule has 1 N–H and O–H groups in total. The van der Waals surface area contributed by atoms with Crippen LogP contribution in [0, 0.1) is 5.92 Å². The van der Waals surface area contributed by atoms with E-state index in [1.807, 2.05) is 18.2 Å². The average Bonchev–Trinajstić information content (AvgIpc) is 2.32. The molecule has 1 aliphatic rings. The van der Waals surface area contributed by atoms with Crippen LogP contribution >= 0.6 is 0 Å². The number of benzene rings is 1. The molecule has 0 radical (unpaired) electrons. The van der Waals surface area contributed by atoms with Crippen LogP contribution < -0.4 is 5.32 Å². The molecule has 0 unspecified atom stereocenters. The largest absolute Gasteiger partial charge is 0.462 e. The number of rotatable bonds is 3. The lowest BCUT2D eigenvalue weighted by Gasteiger charge is -2.31. The second-order valence-corrected chi connectivity index (χ2v) is 4.94. The summed E-state index contributed by atoms with van der Waals surface area (Å²) in [6.07, 6.45) is 0.822. The Morgan fingerprint density at radius 3 is 2.71 bits per heavy atom. The van der Waals surface area contributed by atoms with Crippen molar-refractivity contribution >= 4 is 5.97 Å². The van der Waals surface area contributed by atoms with E-state index in [0.717, 1.165) is 6.42 Å². The van der Waals surface area contributed by atoms with Crippen LogP contribution in [0.3, 0.4) is 0 Å². The van der Waals surface area contributed by atoms with Crippen LogP contribution in [0.2, 0.25) is 0 Å². The second kappa shape index (κ2) is 5.32. The van der Waals surface area contributed by atoms with Gasteiger partial charge in [0.05, 0.1) is 6.04 Å². The summed E-state index contributed by atoms with van der Waals surface area (Å²) in [7, 11) is 0. The molecule has 17 heavy (non-hydrogen) atoms. The van der Waals surface area contributed by atoms with Crippen LogP contribution in [0.1, 0.15) is 31.9 Å². The van der Waals surface area contributed by atoms with Crippen LogP contribution in [-0.4, -0.2) is 18.6 Å². The molecule has 2 rings (SSSR count). The summed E-state index contributed by atoms with van der Waals surface area (Å²) in [6.45, 7) is 4.65. The number of esters is 1. The summed E-state index contributed by atoms with van der Waals surface area (Å²) >= 11 is 0. The van der Waals surface area contributed by atoms with Crippen molar-refractivity contribution in [3.8, 4) is 0 Å². The number of carbonyl (C=O) groups excluding carboxylic acids is 1. The van der Waals surface area contributed by atoms with E-state index in [-0.39, 0.29) is 18.1 Å². The molecule has 0 spiro atoms. The zero-order valence-electron chi connectivity index (χ0n) is 10.3. The van der Waals surface area contributed by atoms with Gasteiger partial charge in [-0.1, -0.05) is 44.2 Å². The van der Waals surface area contributed by atoms with Gasteiger partial charge in [-0.15, -0.1) is 0 Å². The number of hydrogen-bond donors (Lipinski definition) is 1. The summed E-state index contributed by atoms with van der Waals surface area (Å²) in [5, 5.41) is 3.38. The zero-order valence-corrected chi connectivity index (χ0v) is 10.3. The minimum atomic E-state index is -0.172. The molecule has 0 amide bonds. The Balaban J connectivity index is 2.05. The number of hydrogen-bond acceptors (Lipinski definition) is 3. The molecular weight excluding hydrogens is 214 g/mol. The van der Waals surface area contributed by atoms with Crippen molar-refractivity contribution in [3.63, 3.8) is 0 Å². The fourth-order valence-electron chi connectivity index (χ4n) is 2.14. The summed E-state index contributed by atoms with van der Waals surface area (Å²) in [6, 6.07) is 10.1. The van der Waals surface area contributed by atoms with Crippen molar-refractivity contribution in [2.24, 2.45) is 5.92 Å². The van der Waals surface area contributed by atoms with Crippen molar-refractivity contribution in [1.29, 1.82) is 0 Å². The summed E-state index contributed by atoms with van der Waals surface area (Å²) < 4.78 is 5.26. The lowest BCUT2D eigenvalue weighted by Crippen LogP contribution is -2.47. The summed E-state index contributed by atoms with van der Waals surface area (Å²) in [5.41, 5.74) is 1.17. The van der Waals surface area contributed by atoms with Gasteiger partial charge >= 0.3 is 5.97 Å². The molecule has 0 aromatic heterocycles. The lowest BCUT2D eigenvalue weighted by molar-refractivity contribution is -0.152. The van der Waals surface area contributed by atoms with Gasteiger partial charge in [0, 0.05) is 0 Å². The quantitative estimate of drug-likeness (QED) is 0.814. The number of cyclic esters (lactones) is 1. The van der Waals surface area contributed by atoms with E-state index in [4.69, 9.17) is 4.74 Å². The Morgan fingerprint density at radius 2 is 2.06 bits per heavy atom. The van der Waals surface area contributed by atoms with Crippen molar-refractivity contribution in [2.75, 3.05) is 6.61 Å². The smallest absolute Gasteiger partial charge is 0.323 e. The molecule has 1 heterocycles. The molecule has 2 atom stereocenters. The van der Waals surface area contributed by atoms with Gasteiger partial charge in [0.25, 0.3) is 0 Å². The molecule has 92 valence electrons. The van der Waals surface area contributed by atoms with E-state index < -0.39 is 0 Å². The Kier molecular flexibility index (Phi) is 3.79. The Hall–Kier alpha value is -1.35. The van der Waals surface area contributed by atoms with Crippen LogP contribution in [0.4, 0.5) is 0 Å². The molecule has 1 fully saturated rings. The number of morpholine rings is 1. The first-order valence-electron chi connectivity index (χ1n) is 6.14. The van der Waals surface area contributed by atoms with Crippen LogP contribution in [0.5, 0.6) is 0 Å². The first-order valence-corrected chi connectivity index (χ1v) is 6.14. The first kappa shape index (κ1) is 12.1. The van der Waals surface area contributed by atoms with Gasteiger partial charge in [-0.25, -0.2) is 0 Å². The topological polar surface area (TPSA) is 38.3 Å². The fourth-order valence-corrected chi connectivity index (χ4v) is 2.14. The molecule has 0 bridgehead atoms. The van der Waals surface area contributed by atoms with Crippen LogP contribution in [-0.2, 0) is 9.53 Å². The monoisotopic (exact) mass is 233 g/mol. The minimum absolute atomic E-state index is 0.120. The minimum Gasteiger partial charge on any atom is -0.462 e. The highest BCUT2D eigenvalue weighted by molar-refractivity contribution is 5.76. The molecule has 1 aromatic carbocycles. The maximum absolute atomic E-state index is 11.6. The molecule has 0 saturated carbocycles. The van der Waals surface area contributed by atoms with Gasteiger partial charge < -0.3 is 4.74 Å². The van der Waals surface area contributed by atoms with Crippen molar-refractivity contribution in [3.05, 3.63) is 35.9 Å². The van der Waals surface area contributed by atoms with Gasteiger partial charge in [-0.2, -0.15) is 0 Å². The van der Waals surface area contributed by atoms with E-state index in [1.54, 1.807) is 0 Å². The fraction of sp³-hybridized carbons (Fsp3) is 0.500. The first-order chi connectivity index (χ1) is 8.16. The second-order valence-electron chi connectivity index (χ2n) is 4.94. The third-order valence-electron chi connectivity index (χ3n) is 2.99. The molecule has 3 nitrogen and oxygen atoms in total. The molecule has 1 aliphatic heterocycles. The van der Waals surface area contributed by atoms with Gasteiger partial charge in [-0.05, 0) is 17.9 Å². The van der Waals surface area contributed by atoms with Crippen LogP contribution in [0.15, 0.2) is 30.3 Å². The number of carbonyl (C=O) groups is 1. The summed E-state index contributed by atoms with van der Waals surface area (Å²) in [5.74, 6) is 0.362. The number of ether oxygens (including phenoxy) is 1. The lowest BCUT2D eigenvalue weighted by atomic mass is 9.99. The maximum atomic E-state index is 11.6.